The molecule has 0 amide bonds. The molecule has 2 aromatic rings. The van der Waals surface area contributed by atoms with Gasteiger partial charge >= 0.3 is 0 Å². The Hall–Kier alpha value is -1.88. The lowest BCUT2D eigenvalue weighted by molar-refractivity contribution is 0.245. The molecule has 3 rings (SSSR count). The smallest absolute Gasteiger partial charge is 0.234 e. The number of benzene rings is 1. The number of aromatic hydroxyl groups is 1. The maximum atomic E-state index is 9.86. The van der Waals surface area contributed by atoms with E-state index in [1.807, 2.05) is 26.0 Å². The summed E-state index contributed by atoms with van der Waals surface area (Å²) in [7, 11) is 0. The van der Waals surface area contributed by atoms with Crippen LogP contribution in [0.3, 0.4) is 0 Å². The standard InChI is InChI=1S/C16H21N3O2/c1-10-7-12(8-11(2)13(10)20)14-18-15(21-19-14)16(3)5-4-6-17-9-16/h7-8,17,20H,4-6,9H2,1-3H3. The fourth-order valence-corrected chi connectivity index (χ4v) is 2.91. The predicted octanol–water partition coefficient (Wildman–Crippen LogP) is 2.70. The second-order valence-corrected chi connectivity index (χ2v) is 6.22. The molecular formula is C16H21N3O2. The molecule has 0 bridgehead atoms. The molecule has 5 nitrogen and oxygen atoms in total. The lowest BCUT2D eigenvalue weighted by Crippen LogP contribution is -2.41. The van der Waals surface area contributed by atoms with Gasteiger partial charge in [0.25, 0.3) is 0 Å². The average molecular weight is 287 g/mol. The van der Waals surface area contributed by atoms with Crippen molar-refractivity contribution >= 4 is 0 Å². The number of aromatic nitrogens is 2. The largest absolute Gasteiger partial charge is 0.507 e. The molecule has 1 aliphatic rings. The van der Waals surface area contributed by atoms with Gasteiger partial charge in [-0.05, 0) is 63.4 Å². The van der Waals surface area contributed by atoms with Crippen molar-refractivity contribution in [2.75, 3.05) is 13.1 Å². The van der Waals surface area contributed by atoms with Crippen LogP contribution in [-0.2, 0) is 5.41 Å². The molecular weight excluding hydrogens is 266 g/mol. The highest BCUT2D eigenvalue weighted by Gasteiger charge is 2.34. The summed E-state index contributed by atoms with van der Waals surface area (Å²) >= 11 is 0. The van der Waals surface area contributed by atoms with Crippen molar-refractivity contribution in [1.29, 1.82) is 0 Å². The minimum absolute atomic E-state index is 0.0927. The average Bonchev–Trinajstić information content (AvgIpc) is 2.95. The van der Waals surface area contributed by atoms with Crippen LogP contribution in [0, 0.1) is 13.8 Å². The molecule has 2 N–H and O–H groups in total. The summed E-state index contributed by atoms with van der Waals surface area (Å²) in [5.41, 5.74) is 2.43. The number of hydrogen-bond acceptors (Lipinski definition) is 5. The van der Waals surface area contributed by atoms with Crippen molar-refractivity contribution in [2.24, 2.45) is 0 Å². The number of hydrogen-bond donors (Lipinski definition) is 2. The van der Waals surface area contributed by atoms with E-state index in [9.17, 15) is 5.11 Å². The SMILES string of the molecule is Cc1cc(-c2noc(C3(C)CCCNC3)n2)cc(C)c1O. The van der Waals surface area contributed by atoms with Crippen LogP contribution in [0.25, 0.3) is 11.4 Å². The third kappa shape index (κ3) is 2.53. The van der Waals surface area contributed by atoms with Gasteiger partial charge in [-0.1, -0.05) is 5.16 Å². The van der Waals surface area contributed by atoms with Crippen molar-refractivity contribution in [3.05, 3.63) is 29.2 Å². The maximum absolute atomic E-state index is 9.86. The number of aryl methyl sites for hydroxylation is 2. The summed E-state index contributed by atoms with van der Waals surface area (Å²) < 4.78 is 5.51. The van der Waals surface area contributed by atoms with Crippen LogP contribution in [0.4, 0.5) is 0 Å². The first-order valence-electron chi connectivity index (χ1n) is 7.35. The second kappa shape index (κ2) is 5.15. The predicted molar refractivity (Wildman–Crippen MR) is 80.3 cm³/mol. The number of piperidine rings is 1. The van der Waals surface area contributed by atoms with Gasteiger partial charge in [0.15, 0.2) is 0 Å². The zero-order chi connectivity index (χ0) is 15.0. The van der Waals surface area contributed by atoms with E-state index in [1.165, 1.54) is 0 Å². The number of rotatable bonds is 2. The van der Waals surface area contributed by atoms with Gasteiger partial charge in [0.2, 0.25) is 11.7 Å². The third-order valence-electron chi connectivity index (χ3n) is 4.29. The third-order valence-corrected chi connectivity index (χ3v) is 4.29. The van der Waals surface area contributed by atoms with Gasteiger partial charge < -0.3 is 14.9 Å². The molecule has 1 aromatic heterocycles. The topological polar surface area (TPSA) is 71.2 Å². The maximum Gasteiger partial charge on any atom is 0.234 e. The van der Waals surface area contributed by atoms with Crippen LogP contribution in [0.1, 0.15) is 36.8 Å². The first-order valence-corrected chi connectivity index (χ1v) is 7.35. The second-order valence-electron chi connectivity index (χ2n) is 6.22. The first-order chi connectivity index (χ1) is 9.99. The Morgan fingerprint density at radius 2 is 2.00 bits per heavy atom. The molecule has 0 spiro atoms. The highest BCUT2D eigenvalue weighted by molar-refractivity contribution is 5.60. The summed E-state index contributed by atoms with van der Waals surface area (Å²) in [6, 6.07) is 3.77. The van der Waals surface area contributed by atoms with E-state index in [-0.39, 0.29) is 5.41 Å². The lowest BCUT2D eigenvalue weighted by atomic mass is 9.83. The van der Waals surface area contributed by atoms with Gasteiger partial charge in [0, 0.05) is 12.1 Å². The zero-order valence-electron chi connectivity index (χ0n) is 12.7. The molecule has 1 saturated heterocycles. The number of phenolic OH excluding ortho intramolecular Hbond substituents is 1. The van der Waals surface area contributed by atoms with Gasteiger partial charge in [0.1, 0.15) is 5.75 Å². The molecule has 112 valence electrons. The monoisotopic (exact) mass is 287 g/mol. The summed E-state index contributed by atoms with van der Waals surface area (Å²) in [5, 5.41) is 17.4. The number of phenols is 1. The molecule has 21 heavy (non-hydrogen) atoms. The van der Waals surface area contributed by atoms with E-state index in [4.69, 9.17) is 4.52 Å². The van der Waals surface area contributed by atoms with Crippen molar-refractivity contribution in [3.63, 3.8) is 0 Å². The molecule has 2 heterocycles. The minimum Gasteiger partial charge on any atom is -0.507 e. The lowest BCUT2D eigenvalue weighted by Gasteiger charge is -2.30. The quantitative estimate of drug-likeness (QED) is 0.888. The van der Waals surface area contributed by atoms with Gasteiger partial charge in [-0.2, -0.15) is 4.98 Å². The van der Waals surface area contributed by atoms with Crippen LogP contribution in [0.5, 0.6) is 5.75 Å². The summed E-state index contributed by atoms with van der Waals surface area (Å²) in [5.74, 6) is 1.60. The van der Waals surface area contributed by atoms with Gasteiger partial charge in [0.05, 0.1) is 5.41 Å². The van der Waals surface area contributed by atoms with Crippen LogP contribution in [0.15, 0.2) is 16.7 Å². The molecule has 1 aliphatic heterocycles. The van der Waals surface area contributed by atoms with E-state index in [0.717, 1.165) is 42.6 Å². The van der Waals surface area contributed by atoms with Crippen LogP contribution in [-0.4, -0.2) is 28.3 Å². The van der Waals surface area contributed by atoms with Crippen LogP contribution in [0.2, 0.25) is 0 Å². The Bertz CT molecular complexity index is 634. The Kier molecular flexibility index (Phi) is 3.45. The zero-order valence-corrected chi connectivity index (χ0v) is 12.7. The van der Waals surface area contributed by atoms with E-state index < -0.39 is 0 Å². The molecule has 0 saturated carbocycles. The molecule has 1 aromatic carbocycles. The Balaban J connectivity index is 1.95. The van der Waals surface area contributed by atoms with Gasteiger partial charge in [-0.15, -0.1) is 0 Å². The van der Waals surface area contributed by atoms with Gasteiger partial charge in [-0.25, -0.2) is 0 Å². The number of nitrogens with zero attached hydrogens (tertiary/aromatic N) is 2. The van der Waals surface area contributed by atoms with E-state index in [1.54, 1.807) is 0 Å². The Labute approximate surface area is 124 Å². The minimum atomic E-state index is -0.0927. The molecule has 0 radical (unpaired) electrons. The molecule has 1 atom stereocenters. The van der Waals surface area contributed by atoms with Crippen molar-refractivity contribution < 1.29 is 9.63 Å². The summed E-state index contributed by atoms with van der Waals surface area (Å²) in [6.45, 7) is 7.82. The first kappa shape index (κ1) is 14.1. The molecule has 1 fully saturated rings. The van der Waals surface area contributed by atoms with E-state index in [0.29, 0.717) is 17.5 Å². The fourth-order valence-electron chi connectivity index (χ4n) is 2.91. The normalized spacial score (nSPS) is 22.4. The Morgan fingerprint density at radius 3 is 2.62 bits per heavy atom. The Morgan fingerprint density at radius 1 is 1.29 bits per heavy atom. The highest BCUT2D eigenvalue weighted by Crippen LogP contribution is 2.32. The molecule has 5 heteroatoms. The van der Waals surface area contributed by atoms with Crippen LogP contribution >= 0.6 is 0 Å². The molecule has 0 aliphatic carbocycles. The van der Waals surface area contributed by atoms with E-state index >= 15 is 0 Å². The highest BCUT2D eigenvalue weighted by atomic mass is 16.5. The van der Waals surface area contributed by atoms with Crippen molar-refractivity contribution in [1.82, 2.24) is 15.5 Å². The van der Waals surface area contributed by atoms with E-state index in [2.05, 4.69) is 22.4 Å². The number of nitrogens with one attached hydrogen (secondary N) is 1. The van der Waals surface area contributed by atoms with Crippen molar-refractivity contribution in [3.8, 4) is 17.1 Å². The van der Waals surface area contributed by atoms with Crippen molar-refractivity contribution in [2.45, 2.75) is 39.0 Å². The van der Waals surface area contributed by atoms with Gasteiger partial charge in [-0.3, -0.25) is 0 Å². The fraction of sp³-hybridized carbons (Fsp3) is 0.500. The molecule has 1 unspecified atom stereocenters. The summed E-state index contributed by atoms with van der Waals surface area (Å²) in [6.07, 6.45) is 2.17. The van der Waals surface area contributed by atoms with Crippen LogP contribution < -0.4 is 5.32 Å². The summed E-state index contributed by atoms with van der Waals surface area (Å²) in [4.78, 5) is 4.59.